The molecule has 0 bridgehead atoms. The molecule has 4 aromatic rings. The summed E-state index contributed by atoms with van der Waals surface area (Å²) in [6.07, 6.45) is 2.38. The quantitative estimate of drug-likeness (QED) is 0.342. The Labute approximate surface area is 198 Å². The van der Waals surface area contributed by atoms with Gasteiger partial charge >= 0.3 is 0 Å². The lowest BCUT2D eigenvalue weighted by molar-refractivity contribution is -0.122. The van der Waals surface area contributed by atoms with Crippen LogP contribution in [0.1, 0.15) is 29.3 Å². The third kappa shape index (κ3) is 5.53. The van der Waals surface area contributed by atoms with E-state index in [0.29, 0.717) is 13.0 Å². The number of benzene rings is 3. The molecule has 4 rings (SSSR count). The van der Waals surface area contributed by atoms with Gasteiger partial charge in [0.2, 0.25) is 5.91 Å². The van der Waals surface area contributed by atoms with Crippen molar-refractivity contribution in [3.63, 3.8) is 0 Å². The summed E-state index contributed by atoms with van der Waals surface area (Å²) >= 11 is 0. The third-order valence-electron chi connectivity index (χ3n) is 5.51. The average molecular weight is 454 g/mol. The Kier molecular flexibility index (Phi) is 7.08. The van der Waals surface area contributed by atoms with E-state index in [0.717, 1.165) is 39.0 Å². The Hall–Kier alpha value is -4.32. The van der Waals surface area contributed by atoms with E-state index >= 15 is 0 Å². The van der Waals surface area contributed by atoms with Crippen molar-refractivity contribution in [3.05, 3.63) is 107 Å². The number of carbonyl (C=O) groups is 2. The second kappa shape index (κ2) is 10.5. The van der Waals surface area contributed by atoms with Gasteiger partial charge in [-0.1, -0.05) is 60.7 Å². The monoisotopic (exact) mass is 453 g/mol. The summed E-state index contributed by atoms with van der Waals surface area (Å²) in [4.78, 5) is 28.4. The number of ether oxygens (including phenoxy) is 1. The van der Waals surface area contributed by atoms with Gasteiger partial charge in [-0.05, 0) is 35.4 Å². The van der Waals surface area contributed by atoms with Gasteiger partial charge in [-0.25, -0.2) is 0 Å². The number of para-hydroxylation sites is 1. The summed E-state index contributed by atoms with van der Waals surface area (Å²) in [6, 6.07) is 25.4. The van der Waals surface area contributed by atoms with Crippen molar-refractivity contribution < 1.29 is 14.3 Å². The van der Waals surface area contributed by atoms with Crippen molar-refractivity contribution in [1.29, 1.82) is 0 Å². The van der Waals surface area contributed by atoms with E-state index in [1.165, 1.54) is 6.92 Å². The highest BCUT2D eigenvalue weighted by Gasteiger charge is 2.16. The molecule has 0 saturated carbocycles. The van der Waals surface area contributed by atoms with Crippen LogP contribution in [0.5, 0.6) is 5.75 Å². The highest BCUT2D eigenvalue weighted by Crippen LogP contribution is 2.27. The lowest BCUT2D eigenvalue weighted by Gasteiger charge is -2.11. The van der Waals surface area contributed by atoms with Crippen molar-refractivity contribution in [1.82, 2.24) is 15.6 Å². The van der Waals surface area contributed by atoms with Crippen LogP contribution in [0, 0.1) is 0 Å². The van der Waals surface area contributed by atoms with Crippen molar-refractivity contribution in [3.8, 4) is 5.75 Å². The summed E-state index contributed by atoms with van der Waals surface area (Å²) in [6.45, 7) is 1.76. The summed E-state index contributed by atoms with van der Waals surface area (Å²) in [5, 5.41) is 6.58. The Morgan fingerprint density at radius 3 is 2.32 bits per heavy atom. The van der Waals surface area contributed by atoms with Crippen molar-refractivity contribution >= 4 is 28.8 Å². The molecule has 1 aromatic heterocycles. The fourth-order valence-corrected chi connectivity index (χ4v) is 3.84. The highest BCUT2D eigenvalue weighted by molar-refractivity contribution is 6.03. The van der Waals surface area contributed by atoms with Crippen LogP contribution >= 0.6 is 0 Å². The molecule has 1 heterocycles. The van der Waals surface area contributed by atoms with Crippen molar-refractivity contribution in [2.24, 2.45) is 0 Å². The summed E-state index contributed by atoms with van der Waals surface area (Å²) in [5.74, 6) is 0.140. The lowest BCUT2D eigenvalue weighted by Crippen LogP contribution is -2.33. The van der Waals surface area contributed by atoms with Gasteiger partial charge in [-0.3, -0.25) is 9.59 Å². The molecule has 3 aromatic carbocycles. The van der Waals surface area contributed by atoms with Gasteiger partial charge in [0.15, 0.2) is 0 Å². The molecular weight excluding hydrogens is 426 g/mol. The molecule has 0 atom stereocenters. The molecule has 0 aliphatic rings. The molecule has 6 nitrogen and oxygen atoms in total. The van der Waals surface area contributed by atoms with Crippen LogP contribution in [0.25, 0.3) is 17.0 Å². The first-order valence-electron chi connectivity index (χ1n) is 11.1. The minimum atomic E-state index is -0.347. The van der Waals surface area contributed by atoms with Gasteiger partial charge in [0.1, 0.15) is 11.4 Å². The largest absolute Gasteiger partial charge is 0.497 e. The molecule has 0 radical (unpaired) electrons. The molecule has 0 fully saturated rings. The number of fused-ring (bicyclic) bond motifs is 1. The van der Waals surface area contributed by atoms with Crippen LogP contribution in [0.15, 0.2) is 84.6 Å². The molecule has 0 aliphatic carbocycles. The van der Waals surface area contributed by atoms with Gasteiger partial charge in [0.25, 0.3) is 5.91 Å². The molecule has 3 N–H and O–H groups in total. The second-order valence-corrected chi connectivity index (χ2v) is 8.00. The maximum Gasteiger partial charge on any atom is 0.268 e. The Morgan fingerprint density at radius 2 is 1.62 bits per heavy atom. The first kappa shape index (κ1) is 22.9. The third-order valence-corrected chi connectivity index (χ3v) is 5.51. The molecular formula is C28H27N3O3. The molecule has 0 spiro atoms. The minimum absolute atomic E-state index is 0.198. The Bertz CT molecular complexity index is 1320. The zero-order valence-electron chi connectivity index (χ0n) is 19.2. The van der Waals surface area contributed by atoms with Crippen molar-refractivity contribution in [2.75, 3.05) is 7.11 Å². The zero-order chi connectivity index (χ0) is 23.9. The standard InChI is InChI=1S/C28H27N3O3/c1-19(32)30-27(28(33)29-18-21-8-4-3-5-9-21)17-24-23-10-6-7-11-25(23)31-26(24)16-20-12-14-22(34-2)15-13-20/h3-15,17,31H,16,18H2,1-2H3,(H,29,33)(H,30,32). The number of rotatable bonds is 8. The number of carbonyl (C=O) groups excluding carboxylic acids is 2. The predicted octanol–water partition coefficient (Wildman–Crippen LogP) is 4.56. The van der Waals surface area contributed by atoms with E-state index in [2.05, 4.69) is 15.6 Å². The SMILES string of the molecule is COc1ccc(Cc2[nH]c3ccccc3c2C=C(NC(C)=O)C(=O)NCc2ccccc2)cc1. The van der Waals surface area contributed by atoms with Crippen LogP contribution in [0.2, 0.25) is 0 Å². The van der Waals surface area contributed by atoms with Crippen LogP contribution in [-0.4, -0.2) is 23.9 Å². The maximum absolute atomic E-state index is 13.0. The van der Waals surface area contributed by atoms with Crippen LogP contribution < -0.4 is 15.4 Å². The number of H-pyrrole nitrogens is 1. The van der Waals surface area contributed by atoms with Crippen LogP contribution in [-0.2, 0) is 22.6 Å². The van der Waals surface area contributed by atoms with E-state index in [-0.39, 0.29) is 17.5 Å². The van der Waals surface area contributed by atoms with Gasteiger partial charge in [-0.15, -0.1) is 0 Å². The molecule has 6 heteroatoms. The van der Waals surface area contributed by atoms with Gasteiger partial charge in [0.05, 0.1) is 7.11 Å². The fourth-order valence-electron chi connectivity index (χ4n) is 3.84. The van der Waals surface area contributed by atoms with Crippen LogP contribution in [0.3, 0.4) is 0 Å². The number of hydrogen-bond acceptors (Lipinski definition) is 3. The number of nitrogens with one attached hydrogen (secondary N) is 3. The Morgan fingerprint density at radius 1 is 0.912 bits per heavy atom. The number of amides is 2. The van der Waals surface area contributed by atoms with E-state index in [1.807, 2.05) is 78.9 Å². The fraction of sp³-hybridized carbons (Fsp3) is 0.143. The van der Waals surface area contributed by atoms with E-state index < -0.39 is 0 Å². The van der Waals surface area contributed by atoms with Gasteiger partial charge in [0, 0.05) is 42.0 Å². The molecule has 0 unspecified atom stereocenters. The Balaban J connectivity index is 1.68. The zero-order valence-corrected chi connectivity index (χ0v) is 19.2. The lowest BCUT2D eigenvalue weighted by atomic mass is 10.0. The van der Waals surface area contributed by atoms with E-state index in [1.54, 1.807) is 13.2 Å². The molecule has 0 saturated heterocycles. The molecule has 2 amide bonds. The van der Waals surface area contributed by atoms with Crippen molar-refractivity contribution in [2.45, 2.75) is 19.9 Å². The molecule has 34 heavy (non-hydrogen) atoms. The van der Waals surface area contributed by atoms with E-state index in [9.17, 15) is 9.59 Å². The summed E-state index contributed by atoms with van der Waals surface area (Å²) in [5.41, 5.74) is 5.05. The molecule has 0 aliphatic heterocycles. The van der Waals surface area contributed by atoms with Crippen LogP contribution in [0.4, 0.5) is 0 Å². The number of methoxy groups -OCH3 is 1. The maximum atomic E-state index is 13.0. The first-order valence-corrected chi connectivity index (χ1v) is 11.1. The number of aromatic amines is 1. The first-order chi connectivity index (χ1) is 16.5. The topological polar surface area (TPSA) is 83.2 Å². The number of hydrogen-bond donors (Lipinski definition) is 3. The summed E-state index contributed by atoms with van der Waals surface area (Å²) in [7, 11) is 1.64. The predicted molar refractivity (Wildman–Crippen MR) is 134 cm³/mol. The normalized spacial score (nSPS) is 11.3. The number of aromatic nitrogens is 1. The minimum Gasteiger partial charge on any atom is -0.497 e. The van der Waals surface area contributed by atoms with Gasteiger partial charge in [-0.2, -0.15) is 0 Å². The molecule has 172 valence electrons. The van der Waals surface area contributed by atoms with E-state index in [4.69, 9.17) is 4.74 Å². The average Bonchev–Trinajstić information content (AvgIpc) is 3.19. The second-order valence-electron chi connectivity index (χ2n) is 8.00. The highest BCUT2D eigenvalue weighted by atomic mass is 16.5. The van der Waals surface area contributed by atoms with Gasteiger partial charge < -0.3 is 20.4 Å². The smallest absolute Gasteiger partial charge is 0.268 e. The summed E-state index contributed by atoms with van der Waals surface area (Å²) < 4.78 is 5.26.